The van der Waals surface area contributed by atoms with Gasteiger partial charge in [-0.3, -0.25) is 14.2 Å². The van der Waals surface area contributed by atoms with Crippen LogP contribution in [-0.2, 0) is 12.8 Å². The molecule has 8 heteroatoms. The van der Waals surface area contributed by atoms with E-state index in [1.807, 2.05) is 12.1 Å². The minimum Gasteiger partial charge on any atom is -0.268 e. The van der Waals surface area contributed by atoms with E-state index in [0.717, 1.165) is 41.6 Å². The minimum absolute atomic E-state index is 0.0917. The van der Waals surface area contributed by atoms with E-state index < -0.39 is 0 Å². The van der Waals surface area contributed by atoms with Gasteiger partial charge in [-0.15, -0.1) is 11.3 Å². The van der Waals surface area contributed by atoms with Gasteiger partial charge in [-0.25, -0.2) is 10.4 Å². The van der Waals surface area contributed by atoms with E-state index in [-0.39, 0.29) is 11.5 Å². The molecule has 1 aliphatic rings. The van der Waals surface area contributed by atoms with Gasteiger partial charge in [0.15, 0.2) is 0 Å². The van der Waals surface area contributed by atoms with E-state index in [0.29, 0.717) is 21.7 Å². The maximum absolute atomic E-state index is 13.3. The standard InChI is InChI=1S/C24H19ClN4O2S/c25-17-7-3-5-15(11-17)13-27-28-22(30)16-6-4-8-18(12-16)29-14-26-23-21(24(29)31)19-9-1-2-10-20(19)32-23/h3-8,11-14H,1-2,9-10H2,(H,28,30)/b27-13+. The first kappa shape index (κ1) is 20.6. The lowest BCUT2D eigenvalue weighted by atomic mass is 9.97. The van der Waals surface area contributed by atoms with E-state index in [2.05, 4.69) is 15.5 Å². The van der Waals surface area contributed by atoms with E-state index >= 15 is 0 Å². The molecule has 0 atom stereocenters. The first-order valence-corrected chi connectivity index (χ1v) is 11.5. The smallest absolute Gasteiger partial charge is 0.268 e. The molecule has 6 nitrogen and oxygen atoms in total. The molecule has 4 aromatic rings. The normalized spacial score (nSPS) is 13.4. The van der Waals surface area contributed by atoms with Gasteiger partial charge >= 0.3 is 0 Å². The molecule has 0 saturated heterocycles. The quantitative estimate of drug-likeness (QED) is 0.351. The average Bonchev–Trinajstić information content (AvgIpc) is 3.19. The van der Waals surface area contributed by atoms with Crippen molar-refractivity contribution >= 4 is 45.3 Å². The maximum atomic E-state index is 13.3. The molecule has 0 aliphatic heterocycles. The third kappa shape index (κ3) is 3.97. The second kappa shape index (κ2) is 8.68. The third-order valence-corrected chi connectivity index (χ3v) is 6.93. The van der Waals surface area contributed by atoms with Crippen molar-refractivity contribution in [3.05, 3.63) is 91.8 Å². The number of hydrogen-bond acceptors (Lipinski definition) is 5. The van der Waals surface area contributed by atoms with Gasteiger partial charge in [0, 0.05) is 15.5 Å². The van der Waals surface area contributed by atoms with Gasteiger partial charge in [0.1, 0.15) is 11.2 Å². The molecule has 1 amide bonds. The zero-order valence-electron chi connectivity index (χ0n) is 17.0. The third-order valence-electron chi connectivity index (χ3n) is 5.49. The first-order valence-electron chi connectivity index (χ1n) is 10.3. The SMILES string of the molecule is O=C(N/N=C/c1cccc(Cl)c1)c1cccc(-n2cnc3sc4c(c3c2=O)CCCC4)c1. The molecule has 0 bridgehead atoms. The predicted octanol–water partition coefficient (Wildman–Crippen LogP) is 4.74. The molecule has 0 unspecified atom stereocenters. The van der Waals surface area contributed by atoms with Crippen molar-refractivity contribution in [1.82, 2.24) is 15.0 Å². The van der Waals surface area contributed by atoms with Crippen molar-refractivity contribution in [2.45, 2.75) is 25.7 Å². The summed E-state index contributed by atoms with van der Waals surface area (Å²) < 4.78 is 1.51. The lowest BCUT2D eigenvalue weighted by molar-refractivity contribution is 0.0955. The molecule has 160 valence electrons. The highest BCUT2D eigenvalue weighted by atomic mass is 35.5. The highest BCUT2D eigenvalue weighted by Crippen LogP contribution is 2.33. The lowest BCUT2D eigenvalue weighted by Crippen LogP contribution is -2.21. The monoisotopic (exact) mass is 462 g/mol. The van der Waals surface area contributed by atoms with Crippen LogP contribution >= 0.6 is 22.9 Å². The number of hydrazone groups is 1. The van der Waals surface area contributed by atoms with Gasteiger partial charge in [-0.1, -0.05) is 29.8 Å². The van der Waals surface area contributed by atoms with Crippen LogP contribution in [-0.4, -0.2) is 21.7 Å². The Labute approximate surface area is 193 Å². The fourth-order valence-corrected chi connectivity index (χ4v) is 5.36. The molecule has 0 saturated carbocycles. The number of aryl methyl sites for hydroxylation is 2. The van der Waals surface area contributed by atoms with Crippen LogP contribution in [0.25, 0.3) is 15.9 Å². The van der Waals surface area contributed by atoms with Crippen molar-refractivity contribution in [2.75, 3.05) is 0 Å². The number of carbonyl (C=O) groups is 1. The Kier molecular flexibility index (Phi) is 5.59. The minimum atomic E-state index is -0.375. The van der Waals surface area contributed by atoms with Crippen molar-refractivity contribution < 1.29 is 4.79 Å². The Hall–Kier alpha value is -3.29. The first-order chi connectivity index (χ1) is 15.6. The molecular weight excluding hydrogens is 444 g/mol. The Balaban J connectivity index is 1.42. The summed E-state index contributed by atoms with van der Waals surface area (Å²) in [6, 6.07) is 14.0. The molecule has 0 fully saturated rings. The molecular formula is C24H19ClN4O2S. The number of fused-ring (bicyclic) bond motifs is 3. The van der Waals surface area contributed by atoms with E-state index in [9.17, 15) is 9.59 Å². The lowest BCUT2D eigenvalue weighted by Gasteiger charge is -2.11. The fraction of sp³-hybridized carbons (Fsp3) is 0.167. The summed E-state index contributed by atoms with van der Waals surface area (Å²) in [6.07, 6.45) is 7.25. The number of rotatable bonds is 4. The summed E-state index contributed by atoms with van der Waals surface area (Å²) in [5.74, 6) is -0.375. The average molecular weight is 463 g/mol. The zero-order chi connectivity index (χ0) is 22.1. The maximum Gasteiger partial charge on any atom is 0.271 e. The second-order valence-corrected chi connectivity index (χ2v) is 9.14. The summed E-state index contributed by atoms with van der Waals surface area (Å²) >= 11 is 7.58. The second-order valence-electron chi connectivity index (χ2n) is 7.62. The number of thiophene rings is 1. The van der Waals surface area contributed by atoms with Gasteiger partial charge in [-0.2, -0.15) is 5.10 Å². The Morgan fingerprint density at radius 1 is 1.16 bits per heavy atom. The van der Waals surface area contributed by atoms with Crippen molar-refractivity contribution in [2.24, 2.45) is 5.10 Å². The number of benzene rings is 2. The zero-order valence-corrected chi connectivity index (χ0v) is 18.6. The molecule has 32 heavy (non-hydrogen) atoms. The van der Waals surface area contributed by atoms with E-state index in [1.54, 1.807) is 54.1 Å². The van der Waals surface area contributed by atoms with E-state index in [4.69, 9.17) is 11.6 Å². The number of nitrogens with one attached hydrogen (secondary N) is 1. The van der Waals surface area contributed by atoms with Gasteiger partial charge in [0.05, 0.1) is 17.3 Å². The van der Waals surface area contributed by atoms with Crippen LogP contribution in [0.5, 0.6) is 0 Å². The predicted molar refractivity (Wildman–Crippen MR) is 128 cm³/mol. The molecule has 1 aliphatic carbocycles. The van der Waals surface area contributed by atoms with Gasteiger partial charge < -0.3 is 0 Å². The molecule has 5 rings (SSSR count). The van der Waals surface area contributed by atoms with Crippen LogP contribution in [0, 0.1) is 0 Å². The van der Waals surface area contributed by atoms with Crippen molar-refractivity contribution in [1.29, 1.82) is 0 Å². The van der Waals surface area contributed by atoms with Gasteiger partial charge in [0.2, 0.25) is 0 Å². The molecule has 1 N–H and O–H groups in total. The van der Waals surface area contributed by atoms with Gasteiger partial charge in [-0.05, 0) is 67.1 Å². The molecule has 2 heterocycles. The summed E-state index contributed by atoms with van der Waals surface area (Å²) in [7, 11) is 0. The molecule has 2 aromatic heterocycles. The number of hydrogen-bond donors (Lipinski definition) is 1. The number of nitrogens with zero attached hydrogens (tertiary/aromatic N) is 3. The summed E-state index contributed by atoms with van der Waals surface area (Å²) in [5, 5.41) is 5.31. The summed E-state index contributed by atoms with van der Waals surface area (Å²) in [4.78, 5) is 32.5. The molecule has 2 aromatic carbocycles. The van der Waals surface area contributed by atoms with Crippen LogP contribution in [0.4, 0.5) is 0 Å². The largest absolute Gasteiger partial charge is 0.271 e. The molecule has 0 radical (unpaired) electrons. The van der Waals surface area contributed by atoms with Crippen LogP contribution in [0.3, 0.4) is 0 Å². The molecule has 0 spiro atoms. The van der Waals surface area contributed by atoms with Crippen LogP contribution in [0.2, 0.25) is 5.02 Å². The fourth-order valence-electron chi connectivity index (χ4n) is 3.94. The Morgan fingerprint density at radius 3 is 2.88 bits per heavy atom. The van der Waals surface area contributed by atoms with Gasteiger partial charge in [0.25, 0.3) is 11.5 Å². The number of halogens is 1. The van der Waals surface area contributed by atoms with Crippen LogP contribution in [0.1, 0.15) is 39.2 Å². The summed E-state index contributed by atoms with van der Waals surface area (Å²) in [5.41, 5.74) is 5.32. The van der Waals surface area contributed by atoms with E-state index in [1.165, 1.54) is 15.7 Å². The van der Waals surface area contributed by atoms with Crippen molar-refractivity contribution in [3.8, 4) is 5.69 Å². The number of amides is 1. The summed E-state index contributed by atoms with van der Waals surface area (Å²) in [6.45, 7) is 0. The highest BCUT2D eigenvalue weighted by Gasteiger charge is 2.20. The van der Waals surface area contributed by atoms with Crippen LogP contribution in [0.15, 0.2) is 64.8 Å². The van der Waals surface area contributed by atoms with Crippen molar-refractivity contribution in [3.63, 3.8) is 0 Å². The Morgan fingerprint density at radius 2 is 2.00 bits per heavy atom. The highest BCUT2D eigenvalue weighted by molar-refractivity contribution is 7.18. The number of aromatic nitrogens is 2. The topological polar surface area (TPSA) is 76.3 Å². The van der Waals surface area contributed by atoms with Crippen LogP contribution < -0.4 is 11.0 Å². The number of carbonyl (C=O) groups excluding carboxylic acids is 1. The Bertz CT molecular complexity index is 1420.